The highest BCUT2D eigenvalue weighted by Crippen LogP contribution is 2.15. The third-order valence-corrected chi connectivity index (χ3v) is 4.76. The summed E-state index contributed by atoms with van der Waals surface area (Å²) < 4.78 is 23.9. The van der Waals surface area contributed by atoms with Crippen molar-refractivity contribution >= 4 is 43.3 Å². The minimum Gasteiger partial charge on any atom is -0.480 e. The van der Waals surface area contributed by atoms with Gasteiger partial charge < -0.3 is 10.4 Å². The summed E-state index contributed by atoms with van der Waals surface area (Å²) in [5, 5.41) is 9.42. The van der Waals surface area contributed by atoms with Crippen LogP contribution in [0.2, 0.25) is 0 Å². The Morgan fingerprint density at radius 1 is 1.42 bits per heavy atom. The van der Waals surface area contributed by atoms with E-state index in [-0.39, 0.29) is 0 Å². The highest BCUT2D eigenvalue weighted by molar-refractivity contribution is 9.10. The van der Waals surface area contributed by atoms with Crippen LogP contribution in [-0.4, -0.2) is 36.4 Å². The Kier molecular flexibility index (Phi) is 5.07. The van der Waals surface area contributed by atoms with Gasteiger partial charge >= 0.3 is 5.97 Å². The lowest BCUT2D eigenvalue weighted by Gasteiger charge is -2.09. The first-order valence-electron chi connectivity index (χ1n) is 5.22. The summed E-state index contributed by atoms with van der Waals surface area (Å²) in [5.74, 6) is -3.12. The van der Waals surface area contributed by atoms with Crippen LogP contribution >= 0.6 is 15.9 Å². The second kappa shape index (κ2) is 6.16. The standard InChI is InChI=1S/C11H12BrNO5S/c1-7(11(15)16)19(17,18)6-10(14)13-9-4-2-3-8(12)5-9/h2-5,7H,6H2,1H3,(H,13,14)(H,15,16). The summed E-state index contributed by atoms with van der Waals surface area (Å²) in [7, 11) is -4.01. The zero-order valence-corrected chi connectivity index (χ0v) is 12.4. The van der Waals surface area contributed by atoms with E-state index in [0.717, 1.165) is 11.4 Å². The molecule has 6 nitrogen and oxygen atoms in total. The van der Waals surface area contributed by atoms with E-state index in [1.54, 1.807) is 24.3 Å². The van der Waals surface area contributed by atoms with E-state index in [0.29, 0.717) is 5.69 Å². The lowest BCUT2D eigenvalue weighted by Crippen LogP contribution is -2.34. The largest absolute Gasteiger partial charge is 0.480 e. The molecule has 0 spiro atoms. The Bertz CT molecular complexity index is 599. The summed E-state index contributed by atoms with van der Waals surface area (Å²) in [4.78, 5) is 22.2. The predicted octanol–water partition coefficient (Wildman–Crippen LogP) is 1.28. The zero-order chi connectivity index (χ0) is 14.6. The van der Waals surface area contributed by atoms with E-state index in [4.69, 9.17) is 5.11 Å². The smallest absolute Gasteiger partial charge is 0.321 e. The van der Waals surface area contributed by atoms with Crippen molar-refractivity contribution in [3.8, 4) is 0 Å². The molecule has 1 atom stereocenters. The molecule has 0 aliphatic heterocycles. The topological polar surface area (TPSA) is 101 Å². The molecule has 0 saturated heterocycles. The van der Waals surface area contributed by atoms with Gasteiger partial charge in [0.05, 0.1) is 0 Å². The van der Waals surface area contributed by atoms with E-state index in [1.165, 1.54) is 0 Å². The summed E-state index contributed by atoms with van der Waals surface area (Å²) >= 11 is 3.21. The van der Waals surface area contributed by atoms with Crippen LogP contribution in [0.5, 0.6) is 0 Å². The van der Waals surface area contributed by atoms with Gasteiger partial charge in [-0.2, -0.15) is 0 Å². The number of sulfone groups is 1. The number of nitrogens with one attached hydrogen (secondary N) is 1. The van der Waals surface area contributed by atoms with Gasteiger partial charge in [-0.05, 0) is 25.1 Å². The number of carboxylic acid groups (broad SMARTS) is 1. The first kappa shape index (κ1) is 15.6. The van der Waals surface area contributed by atoms with E-state index >= 15 is 0 Å². The summed E-state index contributed by atoms with van der Waals surface area (Å²) in [6, 6.07) is 6.62. The van der Waals surface area contributed by atoms with Crippen LogP contribution in [0.25, 0.3) is 0 Å². The number of anilines is 1. The fourth-order valence-electron chi connectivity index (χ4n) is 1.22. The summed E-state index contributed by atoms with van der Waals surface area (Å²) in [5.41, 5.74) is 0.428. The molecule has 1 unspecified atom stereocenters. The van der Waals surface area contributed by atoms with Crippen LogP contribution in [0.3, 0.4) is 0 Å². The first-order valence-corrected chi connectivity index (χ1v) is 7.73. The van der Waals surface area contributed by atoms with Gasteiger partial charge in [-0.15, -0.1) is 0 Å². The molecule has 2 N–H and O–H groups in total. The molecule has 104 valence electrons. The average molecular weight is 350 g/mol. The Balaban J connectivity index is 2.73. The molecule has 1 aromatic rings. The van der Waals surface area contributed by atoms with E-state index in [9.17, 15) is 18.0 Å². The number of benzene rings is 1. The van der Waals surface area contributed by atoms with Gasteiger partial charge in [-0.1, -0.05) is 22.0 Å². The van der Waals surface area contributed by atoms with Gasteiger partial charge in [0.1, 0.15) is 5.75 Å². The summed E-state index contributed by atoms with van der Waals surface area (Å²) in [6.45, 7) is 1.03. The van der Waals surface area contributed by atoms with Crippen molar-refractivity contribution in [3.63, 3.8) is 0 Å². The molecule has 0 radical (unpaired) electrons. The van der Waals surface area contributed by atoms with Crippen molar-refractivity contribution in [2.75, 3.05) is 11.1 Å². The molecular weight excluding hydrogens is 338 g/mol. The highest BCUT2D eigenvalue weighted by Gasteiger charge is 2.29. The molecule has 0 saturated carbocycles. The maximum Gasteiger partial charge on any atom is 0.321 e. The lowest BCUT2D eigenvalue weighted by atomic mass is 10.3. The van der Waals surface area contributed by atoms with Crippen molar-refractivity contribution in [1.29, 1.82) is 0 Å². The normalized spacial score (nSPS) is 12.7. The van der Waals surface area contributed by atoms with Gasteiger partial charge in [0.15, 0.2) is 15.1 Å². The van der Waals surface area contributed by atoms with Crippen molar-refractivity contribution < 1.29 is 23.1 Å². The minimum absolute atomic E-state index is 0.428. The van der Waals surface area contributed by atoms with Gasteiger partial charge in [0, 0.05) is 10.2 Å². The molecular formula is C11H12BrNO5S. The van der Waals surface area contributed by atoms with Gasteiger partial charge in [0.2, 0.25) is 5.91 Å². The quantitative estimate of drug-likeness (QED) is 0.833. The minimum atomic E-state index is -4.01. The number of amides is 1. The average Bonchev–Trinajstić information content (AvgIpc) is 2.26. The third kappa shape index (κ3) is 4.64. The van der Waals surface area contributed by atoms with E-state index in [2.05, 4.69) is 21.2 Å². The maximum absolute atomic E-state index is 11.6. The van der Waals surface area contributed by atoms with Crippen molar-refractivity contribution in [3.05, 3.63) is 28.7 Å². The molecule has 0 fully saturated rings. The lowest BCUT2D eigenvalue weighted by molar-refractivity contribution is -0.136. The van der Waals surface area contributed by atoms with Crippen LogP contribution in [-0.2, 0) is 19.4 Å². The molecule has 1 amide bonds. The van der Waals surface area contributed by atoms with Crippen molar-refractivity contribution in [2.24, 2.45) is 0 Å². The van der Waals surface area contributed by atoms with Gasteiger partial charge in [-0.3, -0.25) is 9.59 Å². The Hall–Kier alpha value is -1.41. The molecule has 0 bridgehead atoms. The molecule has 1 aromatic carbocycles. The number of aliphatic carboxylic acids is 1. The third-order valence-electron chi connectivity index (χ3n) is 2.33. The summed E-state index contributed by atoms with van der Waals surface area (Å²) in [6.07, 6.45) is 0. The molecule has 8 heteroatoms. The Morgan fingerprint density at radius 3 is 2.58 bits per heavy atom. The highest BCUT2D eigenvalue weighted by atomic mass is 79.9. The van der Waals surface area contributed by atoms with E-state index in [1.807, 2.05) is 0 Å². The number of carboxylic acids is 1. The fraction of sp³-hybridized carbons (Fsp3) is 0.273. The van der Waals surface area contributed by atoms with Crippen LogP contribution in [0.15, 0.2) is 28.7 Å². The number of rotatable bonds is 5. The van der Waals surface area contributed by atoms with Crippen LogP contribution in [0, 0.1) is 0 Å². The molecule has 19 heavy (non-hydrogen) atoms. The van der Waals surface area contributed by atoms with Crippen LogP contribution < -0.4 is 5.32 Å². The van der Waals surface area contributed by atoms with Gasteiger partial charge in [-0.25, -0.2) is 8.42 Å². The van der Waals surface area contributed by atoms with E-state index < -0.39 is 32.7 Å². The van der Waals surface area contributed by atoms with Crippen molar-refractivity contribution in [1.82, 2.24) is 0 Å². The second-order valence-corrected chi connectivity index (χ2v) is 7.08. The Morgan fingerprint density at radius 2 is 2.05 bits per heavy atom. The Labute approximate surface area is 118 Å². The number of hydrogen-bond acceptors (Lipinski definition) is 4. The second-order valence-electron chi connectivity index (χ2n) is 3.85. The predicted molar refractivity (Wildman–Crippen MR) is 73.7 cm³/mol. The molecule has 0 aliphatic carbocycles. The SMILES string of the molecule is CC(C(=O)O)S(=O)(=O)CC(=O)Nc1cccc(Br)c1. The number of carbonyl (C=O) groups excluding carboxylic acids is 1. The van der Waals surface area contributed by atoms with Crippen LogP contribution in [0.4, 0.5) is 5.69 Å². The number of hydrogen-bond donors (Lipinski definition) is 2. The number of halogens is 1. The zero-order valence-electron chi connectivity index (χ0n) is 9.96. The molecule has 0 aliphatic rings. The molecule has 0 aromatic heterocycles. The number of carbonyl (C=O) groups is 2. The first-order chi connectivity index (χ1) is 8.72. The molecule has 1 rings (SSSR count). The van der Waals surface area contributed by atoms with Crippen molar-refractivity contribution in [2.45, 2.75) is 12.2 Å². The van der Waals surface area contributed by atoms with Crippen LogP contribution in [0.1, 0.15) is 6.92 Å². The van der Waals surface area contributed by atoms with Gasteiger partial charge in [0.25, 0.3) is 0 Å². The monoisotopic (exact) mass is 349 g/mol. The fourth-order valence-corrected chi connectivity index (χ4v) is 2.62. The molecule has 0 heterocycles. The maximum atomic E-state index is 11.6.